The van der Waals surface area contributed by atoms with Crippen molar-refractivity contribution in [3.05, 3.63) is 29.8 Å². The second-order valence-electron chi connectivity index (χ2n) is 6.00. The molecule has 10 heteroatoms. The minimum Gasteiger partial charge on any atom is -0.355 e. The maximum absolute atomic E-state index is 12.2. The van der Waals surface area contributed by atoms with E-state index < -0.39 is 34.6 Å². The number of benzene rings is 1. The number of rotatable bonds is 2. The van der Waals surface area contributed by atoms with Gasteiger partial charge in [0.05, 0.1) is 5.92 Å². The van der Waals surface area contributed by atoms with Gasteiger partial charge in [0.25, 0.3) is 10.0 Å². The molecule has 0 aliphatic carbocycles. The molecular formula is C15H16F3N3O3S. The van der Waals surface area contributed by atoms with Gasteiger partial charge >= 0.3 is 6.18 Å². The summed E-state index contributed by atoms with van der Waals surface area (Å²) in [5.41, 5.74) is 0.457. The molecule has 2 heterocycles. The highest BCUT2D eigenvalue weighted by Crippen LogP contribution is 2.29. The average Bonchev–Trinajstić information content (AvgIpc) is 2.84. The predicted octanol–water partition coefficient (Wildman–Crippen LogP) is 1.53. The van der Waals surface area contributed by atoms with E-state index in [9.17, 15) is 26.4 Å². The van der Waals surface area contributed by atoms with Gasteiger partial charge in [-0.2, -0.15) is 21.6 Å². The van der Waals surface area contributed by atoms with Gasteiger partial charge in [-0.3, -0.25) is 4.79 Å². The van der Waals surface area contributed by atoms with Crippen molar-refractivity contribution in [1.82, 2.24) is 10.2 Å². The number of hydrogen-bond acceptors (Lipinski definition) is 4. The zero-order valence-electron chi connectivity index (χ0n) is 13.1. The normalized spacial score (nSPS) is 22.3. The van der Waals surface area contributed by atoms with Crippen molar-refractivity contribution < 1.29 is 26.4 Å². The van der Waals surface area contributed by atoms with Crippen LogP contribution in [0.1, 0.15) is 18.4 Å². The number of fused-ring (bicyclic) bond motifs is 1. The monoisotopic (exact) mass is 375 g/mol. The Labute approximate surface area is 142 Å². The number of nitrogens with one attached hydrogen (secondary N) is 1. The quantitative estimate of drug-likeness (QED) is 0.850. The highest BCUT2D eigenvalue weighted by atomic mass is 32.2. The summed E-state index contributed by atoms with van der Waals surface area (Å²) in [5, 5.41) is 1.89. The molecule has 2 aliphatic heterocycles. The molecular weight excluding hydrogens is 359 g/mol. The lowest BCUT2D eigenvalue weighted by Crippen LogP contribution is -2.47. The van der Waals surface area contributed by atoms with Crippen molar-refractivity contribution in [2.75, 3.05) is 19.6 Å². The molecule has 1 amide bonds. The number of piperidine rings is 1. The van der Waals surface area contributed by atoms with Gasteiger partial charge < -0.3 is 10.2 Å². The number of halogens is 3. The zero-order chi connectivity index (χ0) is 18.2. The molecule has 0 spiro atoms. The van der Waals surface area contributed by atoms with E-state index in [1.165, 1.54) is 6.07 Å². The maximum Gasteiger partial charge on any atom is 0.405 e. The van der Waals surface area contributed by atoms with Crippen LogP contribution >= 0.6 is 0 Å². The molecule has 1 fully saturated rings. The van der Waals surface area contributed by atoms with Crippen molar-refractivity contribution in [2.45, 2.75) is 23.9 Å². The number of likely N-dealkylation sites (tertiary alicyclic amines) is 1. The topological polar surface area (TPSA) is 78.8 Å². The van der Waals surface area contributed by atoms with Crippen LogP contribution in [0.2, 0.25) is 0 Å². The number of carbonyl (C=O) groups excluding carboxylic acids is 1. The molecule has 2 aliphatic rings. The van der Waals surface area contributed by atoms with Gasteiger partial charge in [0.15, 0.2) is 5.84 Å². The standard InChI is InChI=1S/C15H16F3N3O3S/c16-15(17,18)9-19-14(22)10-4-3-7-21(8-10)13-11-5-1-2-6-12(11)25(23,24)20-13/h1-2,5-6,10H,3-4,7-9H2,(H,19,22). The molecule has 0 radical (unpaired) electrons. The minimum absolute atomic E-state index is 0.105. The first-order valence-corrected chi connectivity index (χ1v) is 9.15. The van der Waals surface area contributed by atoms with Gasteiger partial charge in [-0.05, 0) is 25.0 Å². The summed E-state index contributed by atoms with van der Waals surface area (Å²) in [6.45, 7) is -0.751. The van der Waals surface area contributed by atoms with Crippen LogP contribution in [-0.4, -0.2) is 50.9 Å². The fraction of sp³-hybridized carbons (Fsp3) is 0.467. The number of amides is 1. The smallest absolute Gasteiger partial charge is 0.355 e. The summed E-state index contributed by atoms with van der Waals surface area (Å²) >= 11 is 0. The van der Waals surface area contributed by atoms with E-state index >= 15 is 0 Å². The van der Waals surface area contributed by atoms with Crippen LogP contribution in [0.15, 0.2) is 33.6 Å². The van der Waals surface area contributed by atoms with Crippen molar-refractivity contribution in [3.63, 3.8) is 0 Å². The molecule has 6 nitrogen and oxygen atoms in total. The van der Waals surface area contributed by atoms with Crippen LogP contribution in [-0.2, 0) is 14.8 Å². The van der Waals surface area contributed by atoms with Crippen LogP contribution in [0.5, 0.6) is 0 Å². The molecule has 0 bridgehead atoms. The van der Waals surface area contributed by atoms with Gasteiger partial charge in [-0.25, -0.2) is 0 Å². The van der Waals surface area contributed by atoms with E-state index in [-0.39, 0.29) is 17.3 Å². The van der Waals surface area contributed by atoms with Crippen molar-refractivity contribution in [2.24, 2.45) is 10.3 Å². The van der Waals surface area contributed by atoms with E-state index in [2.05, 4.69) is 4.40 Å². The number of nitrogens with zero attached hydrogens (tertiary/aromatic N) is 2. The summed E-state index contributed by atoms with van der Waals surface area (Å²) in [4.78, 5) is 13.7. The molecule has 25 heavy (non-hydrogen) atoms. The Bertz CT molecular complexity index is 821. The van der Waals surface area contributed by atoms with Crippen molar-refractivity contribution in [1.29, 1.82) is 0 Å². The molecule has 0 saturated carbocycles. The number of sulfonamides is 1. The van der Waals surface area contributed by atoms with Crippen LogP contribution in [0.25, 0.3) is 0 Å². The van der Waals surface area contributed by atoms with E-state index in [4.69, 9.17) is 0 Å². The van der Waals surface area contributed by atoms with Gasteiger partial charge in [0, 0.05) is 18.7 Å². The molecule has 1 unspecified atom stereocenters. The highest BCUT2D eigenvalue weighted by molar-refractivity contribution is 7.90. The van der Waals surface area contributed by atoms with Crippen LogP contribution in [0.3, 0.4) is 0 Å². The van der Waals surface area contributed by atoms with Gasteiger partial charge in [0.2, 0.25) is 5.91 Å². The lowest BCUT2D eigenvalue weighted by molar-refractivity contribution is -0.141. The minimum atomic E-state index is -4.47. The van der Waals surface area contributed by atoms with E-state index in [0.29, 0.717) is 24.9 Å². The molecule has 1 aromatic carbocycles. The van der Waals surface area contributed by atoms with E-state index in [0.717, 1.165) is 0 Å². The first kappa shape index (κ1) is 17.7. The second-order valence-corrected chi connectivity index (χ2v) is 7.58. The summed E-state index contributed by atoms with van der Waals surface area (Å²) in [7, 11) is -3.77. The van der Waals surface area contributed by atoms with Gasteiger partial charge in [-0.1, -0.05) is 12.1 Å². The molecule has 1 atom stereocenters. The SMILES string of the molecule is O=C(NCC(F)(F)F)C1CCCN(C2=NS(=O)(=O)c3ccccc32)C1. The number of alkyl halides is 3. The third kappa shape index (κ3) is 3.78. The third-order valence-electron chi connectivity index (χ3n) is 4.17. The first-order valence-electron chi connectivity index (χ1n) is 7.71. The Balaban J connectivity index is 1.76. The summed E-state index contributed by atoms with van der Waals surface area (Å²) in [6.07, 6.45) is -3.46. The molecule has 1 saturated heterocycles. The van der Waals surface area contributed by atoms with Gasteiger partial charge in [0.1, 0.15) is 11.4 Å². The molecule has 136 valence electrons. The third-order valence-corrected chi connectivity index (χ3v) is 5.49. The highest BCUT2D eigenvalue weighted by Gasteiger charge is 2.36. The Hall–Kier alpha value is -2.10. The summed E-state index contributed by atoms with van der Waals surface area (Å²) in [6, 6.07) is 6.37. The molecule has 0 aromatic heterocycles. The van der Waals surface area contributed by atoms with E-state index in [1.807, 2.05) is 5.32 Å². The Kier molecular flexibility index (Phi) is 4.48. The Morgan fingerprint density at radius 1 is 1.32 bits per heavy atom. The van der Waals surface area contributed by atoms with Crippen LogP contribution < -0.4 is 5.32 Å². The summed E-state index contributed by atoms with van der Waals surface area (Å²) < 4.78 is 64.8. The largest absolute Gasteiger partial charge is 0.405 e. The average molecular weight is 375 g/mol. The van der Waals surface area contributed by atoms with E-state index in [1.54, 1.807) is 23.1 Å². The van der Waals surface area contributed by atoms with Crippen LogP contribution in [0.4, 0.5) is 13.2 Å². The number of carbonyl (C=O) groups is 1. The summed E-state index contributed by atoms with van der Waals surface area (Å²) in [5.74, 6) is -1.07. The Morgan fingerprint density at radius 2 is 2.04 bits per heavy atom. The van der Waals surface area contributed by atoms with Gasteiger partial charge in [-0.15, -0.1) is 4.40 Å². The number of hydrogen-bond donors (Lipinski definition) is 1. The molecule has 1 N–H and O–H groups in total. The molecule has 1 aromatic rings. The molecule has 3 rings (SSSR count). The van der Waals surface area contributed by atoms with Crippen LogP contribution in [0, 0.1) is 5.92 Å². The lowest BCUT2D eigenvalue weighted by Gasteiger charge is -2.33. The predicted molar refractivity (Wildman–Crippen MR) is 83.5 cm³/mol. The Morgan fingerprint density at radius 3 is 2.76 bits per heavy atom. The zero-order valence-corrected chi connectivity index (χ0v) is 13.9. The fourth-order valence-electron chi connectivity index (χ4n) is 3.03. The fourth-order valence-corrected chi connectivity index (χ4v) is 4.26. The van der Waals surface area contributed by atoms with Crippen molar-refractivity contribution in [3.8, 4) is 0 Å². The first-order chi connectivity index (χ1) is 11.7. The maximum atomic E-state index is 12.2. The van der Waals surface area contributed by atoms with Crippen molar-refractivity contribution >= 4 is 21.8 Å². The number of amidine groups is 1. The lowest BCUT2D eigenvalue weighted by atomic mass is 9.96. The second kappa shape index (κ2) is 6.32.